The lowest BCUT2D eigenvalue weighted by molar-refractivity contribution is 0.0948. The van der Waals surface area contributed by atoms with E-state index in [0.29, 0.717) is 18.7 Å². The summed E-state index contributed by atoms with van der Waals surface area (Å²) in [6, 6.07) is 10.7. The Kier molecular flexibility index (Phi) is 4.77. The van der Waals surface area contributed by atoms with Crippen LogP contribution in [0.4, 0.5) is 4.39 Å². The van der Waals surface area contributed by atoms with Crippen LogP contribution in [0.5, 0.6) is 11.5 Å². The Morgan fingerprint density at radius 2 is 1.95 bits per heavy atom. The van der Waals surface area contributed by atoms with Gasteiger partial charge in [-0.1, -0.05) is 18.2 Å². The third-order valence-electron chi connectivity index (χ3n) is 3.06. The molecule has 2 aromatic rings. The van der Waals surface area contributed by atoms with Crippen LogP contribution in [0.15, 0.2) is 42.5 Å². The highest BCUT2D eigenvalue weighted by atomic mass is 19.1. The molecule has 5 heteroatoms. The molecule has 21 heavy (non-hydrogen) atoms. The fraction of sp³-hybridized carbons (Fsp3) is 0.188. The summed E-state index contributed by atoms with van der Waals surface area (Å²) in [7, 11) is 1.43. The van der Waals surface area contributed by atoms with Gasteiger partial charge in [0.1, 0.15) is 22.9 Å². The Labute approximate surface area is 122 Å². The van der Waals surface area contributed by atoms with Gasteiger partial charge >= 0.3 is 0 Å². The summed E-state index contributed by atoms with van der Waals surface area (Å²) in [4.78, 5) is 12.1. The largest absolute Gasteiger partial charge is 0.507 e. The van der Waals surface area contributed by atoms with Crippen molar-refractivity contribution in [1.29, 1.82) is 0 Å². The Balaban J connectivity index is 1.97. The van der Waals surface area contributed by atoms with Gasteiger partial charge in [-0.25, -0.2) is 4.39 Å². The first-order valence-corrected chi connectivity index (χ1v) is 6.50. The number of nitrogens with one attached hydrogen (secondary N) is 1. The van der Waals surface area contributed by atoms with Crippen molar-refractivity contribution in [3.8, 4) is 11.5 Å². The molecule has 0 bridgehead atoms. The summed E-state index contributed by atoms with van der Waals surface area (Å²) in [6.45, 7) is 0.377. The number of benzene rings is 2. The normalized spacial score (nSPS) is 10.2. The van der Waals surface area contributed by atoms with Crippen LogP contribution in [0.25, 0.3) is 0 Å². The average Bonchev–Trinajstić information content (AvgIpc) is 2.48. The molecule has 0 aliphatic carbocycles. The van der Waals surface area contributed by atoms with Crippen molar-refractivity contribution in [2.24, 2.45) is 0 Å². The van der Waals surface area contributed by atoms with Gasteiger partial charge in [0.15, 0.2) is 0 Å². The second-order valence-electron chi connectivity index (χ2n) is 4.49. The summed E-state index contributed by atoms with van der Waals surface area (Å²) < 4.78 is 17.8. The molecule has 0 saturated carbocycles. The third-order valence-corrected chi connectivity index (χ3v) is 3.06. The van der Waals surface area contributed by atoms with Crippen molar-refractivity contribution >= 4 is 5.91 Å². The first-order valence-electron chi connectivity index (χ1n) is 6.50. The molecule has 2 aromatic carbocycles. The molecule has 2 N–H and O–H groups in total. The molecule has 0 aromatic heterocycles. The summed E-state index contributed by atoms with van der Waals surface area (Å²) in [6.07, 6.45) is 0.571. The van der Waals surface area contributed by atoms with Crippen LogP contribution in [0.3, 0.4) is 0 Å². The lowest BCUT2D eigenvalue weighted by atomic mass is 10.1. The number of ether oxygens (including phenoxy) is 1. The molecule has 0 aliphatic heterocycles. The maximum atomic E-state index is 12.8. The summed E-state index contributed by atoms with van der Waals surface area (Å²) in [5.74, 6) is -0.517. The number of hydrogen-bond acceptors (Lipinski definition) is 3. The smallest absolute Gasteiger partial charge is 0.258 e. The van der Waals surface area contributed by atoms with Gasteiger partial charge < -0.3 is 15.2 Å². The molecule has 0 saturated heterocycles. The molecule has 0 unspecified atom stereocenters. The monoisotopic (exact) mass is 289 g/mol. The van der Waals surface area contributed by atoms with Crippen LogP contribution < -0.4 is 10.1 Å². The lowest BCUT2D eigenvalue weighted by Crippen LogP contribution is -2.26. The zero-order valence-electron chi connectivity index (χ0n) is 11.6. The standard InChI is InChI=1S/C16H16FNO3/c1-21-14-4-2-3-13(19)15(14)16(20)18-10-9-11-5-7-12(17)8-6-11/h2-8,19H,9-10H2,1H3,(H,18,20). The number of hydrogen-bond donors (Lipinski definition) is 2. The predicted octanol–water partition coefficient (Wildman–Crippen LogP) is 2.51. The van der Waals surface area contributed by atoms with E-state index < -0.39 is 5.91 Å². The first-order chi connectivity index (χ1) is 10.1. The van der Waals surface area contributed by atoms with Crippen LogP contribution in [0.1, 0.15) is 15.9 Å². The molecular weight excluding hydrogens is 273 g/mol. The number of amides is 1. The van der Waals surface area contributed by atoms with E-state index in [1.807, 2.05) is 0 Å². The number of halogens is 1. The van der Waals surface area contributed by atoms with Crippen molar-refractivity contribution in [2.75, 3.05) is 13.7 Å². The van der Waals surface area contributed by atoms with Crippen molar-refractivity contribution in [1.82, 2.24) is 5.32 Å². The van der Waals surface area contributed by atoms with Gasteiger partial charge in [-0.15, -0.1) is 0 Å². The highest BCUT2D eigenvalue weighted by molar-refractivity contribution is 5.99. The van der Waals surface area contributed by atoms with Crippen LogP contribution >= 0.6 is 0 Å². The fourth-order valence-corrected chi connectivity index (χ4v) is 1.98. The molecule has 0 atom stereocenters. The van der Waals surface area contributed by atoms with Crippen molar-refractivity contribution in [3.63, 3.8) is 0 Å². The Bertz CT molecular complexity index is 626. The average molecular weight is 289 g/mol. The van der Waals surface area contributed by atoms with Gasteiger partial charge in [0.2, 0.25) is 0 Å². The Hall–Kier alpha value is -2.56. The zero-order valence-corrected chi connectivity index (χ0v) is 11.6. The van der Waals surface area contributed by atoms with E-state index in [0.717, 1.165) is 5.56 Å². The molecule has 0 heterocycles. The van der Waals surface area contributed by atoms with E-state index in [-0.39, 0.29) is 17.1 Å². The van der Waals surface area contributed by atoms with Crippen LogP contribution in [-0.2, 0) is 6.42 Å². The number of phenolic OH excluding ortho intramolecular Hbond substituents is 1. The van der Waals surface area contributed by atoms with Crippen molar-refractivity contribution in [3.05, 3.63) is 59.4 Å². The van der Waals surface area contributed by atoms with E-state index in [2.05, 4.69) is 5.32 Å². The number of phenols is 1. The minimum atomic E-state index is -0.410. The van der Waals surface area contributed by atoms with E-state index in [1.165, 1.54) is 25.3 Å². The quantitative estimate of drug-likeness (QED) is 0.889. The van der Waals surface area contributed by atoms with Crippen LogP contribution in [0, 0.1) is 5.82 Å². The lowest BCUT2D eigenvalue weighted by Gasteiger charge is -2.10. The topological polar surface area (TPSA) is 58.6 Å². The molecule has 0 fully saturated rings. The van der Waals surface area contributed by atoms with Crippen molar-refractivity contribution in [2.45, 2.75) is 6.42 Å². The van der Waals surface area contributed by atoms with E-state index >= 15 is 0 Å². The van der Waals surface area contributed by atoms with Gasteiger partial charge in [-0.05, 0) is 36.2 Å². The van der Waals surface area contributed by atoms with Crippen molar-refractivity contribution < 1.29 is 19.0 Å². The highest BCUT2D eigenvalue weighted by Crippen LogP contribution is 2.26. The Morgan fingerprint density at radius 3 is 2.62 bits per heavy atom. The molecular formula is C16H16FNO3. The second kappa shape index (κ2) is 6.74. The molecule has 0 aliphatic rings. The molecule has 1 amide bonds. The van der Waals surface area contributed by atoms with Gasteiger partial charge in [0, 0.05) is 6.54 Å². The summed E-state index contributed by atoms with van der Waals surface area (Å²) in [5.41, 5.74) is 1.03. The number of carbonyl (C=O) groups excluding carboxylic acids is 1. The fourth-order valence-electron chi connectivity index (χ4n) is 1.98. The van der Waals surface area contributed by atoms with Gasteiger partial charge in [-0.3, -0.25) is 4.79 Å². The number of methoxy groups -OCH3 is 1. The minimum absolute atomic E-state index is 0.110. The van der Waals surface area contributed by atoms with E-state index in [9.17, 15) is 14.3 Å². The molecule has 0 spiro atoms. The SMILES string of the molecule is COc1cccc(O)c1C(=O)NCCc1ccc(F)cc1. The minimum Gasteiger partial charge on any atom is -0.507 e. The number of aromatic hydroxyl groups is 1. The number of carbonyl (C=O) groups is 1. The summed E-state index contributed by atoms with van der Waals surface area (Å²) in [5, 5.41) is 12.5. The molecule has 0 radical (unpaired) electrons. The third kappa shape index (κ3) is 3.72. The highest BCUT2D eigenvalue weighted by Gasteiger charge is 2.16. The first kappa shape index (κ1) is 14.8. The maximum Gasteiger partial charge on any atom is 0.258 e. The molecule has 4 nitrogen and oxygen atoms in total. The van der Waals surface area contributed by atoms with Crippen LogP contribution in [-0.4, -0.2) is 24.7 Å². The molecule has 2 rings (SSSR count). The van der Waals surface area contributed by atoms with E-state index in [4.69, 9.17) is 4.74 Å². The predicted molar refractivity (Wildman–Crippen MR) is 77.1 cm³/mol. The Morgan fingerprint density at radius 1 is 1.24 bits per heavy atom. The molecule has 110 valence electrons. The number of rotatable bonds is 5. The second-order valence-corrected chi connectivity index (χ2v) is 4.49. The van der Waals surface area contributed by atoms with Gasteiger partial charge in [0.05, 0.1) is 7.11 Å². The van der Waals surface area contributed by atoms with Gasteiger partial charge in [0.25, 0.3) is 5.91 Å². The maximum absolute atomic E-state index is 12.8. The summed E-state index contributed by atoms with van der Waals surface area (Å²) >= 11 is 0. The zero-order chi connectivity index (χ0) is 15.2. The van der Waals surface area contributed by atoms with Gasteiger partial charge in [-0.2, -0.15) is 0 Å². The van der Waals surface area contributed by atoms with Crippen LogP contribution in [0.2, 0.25) is 0 Å². The van der Waals surface area contributed by atoms with E-state index in [1.54, 1.807) is 24.3 Å².